The molecule has 2 heterocycles. The summed E-state index contributed by atoms with van der Waals surface area (Å²) in [6.45, 7) is 0. The van der Waals surface area contributed by atoms with Crippen LogP contribution in [-0.2, 0) is 0 Å². The summed E-state index contributed by atoms with van der Waals surface area (Å²) >= 11 is 23.2. The van der Waals surface area contributed by atoms with Crippen LogP contribution in [0.5, 0.6) is 0 Å². The van der Waals surface area contributed by atoms with Crippen LogP contribution in [0.3, 0.4) is 0 Å². The highest BCUT2D eigenvalue weighted by Crippen LogP contribution is 2.28. The molecule has 2 aromatic heterocycles. The van der Waals surface area contributed by atoms with Crippen molar-refractivity contribution in [1.82, 2.24) is 19.9 Å². The summed E-state index contributed by atoms with van der Waals surface area (Å²) in [5, 5.41) is -0.404. The molecule has 0 saturated carbocycles. The maximum Gasteiger partial charge on any atom is 0.205 e. The molecule has 9 heteroatoms. The molecule has 0 bridgehead atoms. The smallest absolute Gasteiger partial charge is 0.205 e. The highest BCUT2D eigenvalue weighted by atomic mass is 35.5. The lowest BCUT2D eigenvalue weighted by Crippen LogP contribution is -2.08. The van der Waals surface area contributed by atoms with E-state index in [1.807, 2.05) is 0 Å². The van der Waals surface area contributed by atoms with E-state index in [-0.39, 0.29) is 31.7 Å². The minimum Gasteiger partial charge on any atom is -0.288 e. The Morgan fingerprint density at radius 1 is 0.722 bits per heavy atom. The van der Waals surface area contributed by atoms with Gasteiger partial charge in [-0.05, 0) is 0 Å². The molecule has 0 aliphatic carbocycles. The summed E-state index contributed by atoms with van der Waals surface area (Å²) in [6.07, 6.45) is 2.26. The van der Waals surface area contributed by atoms with E-state index >= 15 is 0 Å². The molecule has 0 unspecified atom stereocenters. The van der Waals surface area contributed by atoms with Gasteiger partial charge in [0.2, 0.25) is 5.78 Å². The van der Waals surface area contributed by atoms with Gasteiger partial charge in [-0.3, -0.25) is 4.79 Å². The van der Waals surface area contributed by atoms with Crippen LogP contribution in [-0.4, -0.2) is 25.7 Å². The highest BCUT2D eigenvalue weighted by Gasteiger charge is 2.24. The van der Waals surface area contributed by atoms with Gasteiger partial charge >= 0.3 is 0 Å². The Hall–Kier alpha value is -1.01. The molecule has 0 saturated heterocycles. The maximum atomic E-state index is 12.2. The average molecular weight is 324 g/mol. The lowest BCUT2D eigenvalue weighted by atomic mass is 10.1. The van der Waals surface area contributed by atoms with Crippen molar-refractivity contribution in [2.45, 2.75) is 0 Å². The monoisotopic (exact) mass is 322 g/mol. The molecule has 0 radical (unpaired) electrons. The SMILES string of the molecule is O=C(c1c(Cl)ncnc1Cl)c1c(Cl)ncnc1Cl. The van der Waals surface area contributed by atoms with Crippen LogP contribution in [0.2, 0.25) is 20.6 Å². The van der Waals surface area contributed by atoms with Crippen molar-refractivity contribution in [1.29, 1.82) is 0 Å². The predicted molar refractivity (Wildman–Crippen MR) is 67.5 cm³/mol. The van der Waals surface area contributed by atoms with E-state index in [1.54, 1.807) is 0 Å². The fourth-order valence-electron chi connectivity index (χ4n) is 1.19. The Morgan fingerprint density at radius 3 is 1.28 bits per heavy atom. The van der Waals surface area contributed by atoms with Crippen LogP contribution >= 0.6 is 46.4 Å². The normalized spacial score (nSPS) is 10.4. The van der Waals surface area contributed by atoms with Crippen molar-refractivity contribution < 1.29 is 4.79 Å². The zero-order chi connectivity index (χ0) is 13.3. The van der Waals surface area contributed by atoms with Gasteiger partial charge in [-0.25, -0.2) is 19.9 Å². The summed E-state index contributed by atoms with van der Waals surface area (Å²) in [6, 6.07) is 0. The Morgan fingerprint density at radius 2 is 1.00 bits per heavy atom. The number of nitrogens with zero attached hydrogens (tertiary/aromatic N) is 4. The number of carbonyl (C=O) groups is 1. The fraction of sp³-hybridized carbons (Fsp3) is 0. The molecule has 0 spiro atoms. The Bertz CT molecular complexity index is 540. The van der Waals surface area contributed by atoms with Gasteiger partial charge in [-0.1, -0.05) is 46.4 Å². The second kappa shape index (κ2) is 5.32. The number of carbonyl (C=O) groups excluding carboxylic acids is 1. The molecular formula is C9H2Cl4N4O. The summed E-state index contributed by atoms with van der Waals surface area (Å²) < 4.78 is 0. The van der Waals surface area contributed by atoms with E-state index in [4.69, 9.17) is 46.4 Å². The zero-order valence-electron chi connectivity index (χ0n) is 8.36. The summed E-state index contributed by atoms with van der Waals surface area (Å²) in [4.78, 5) is 26.9. The average Bonchev–Trinajstić information content (AvgIpc) is 2.28. The number of rotatable bonds is 2. The number of hydrogen-bond donors (Lipinski definition) is 0. The molecule has 2 aromatic rings. The molecule has 0 fully saturated rings. The third-order valence-corrected chi connectivity index (χ3v) is 3.11. The molecule has 0 atom stereocenters. The van der Waals surface area contributed by atoms with Gasteiger partial charge in [0.05, 0.1) is 11.1 Å². The van der Waals surface area contributed by atoms with E-state index in [1.165, 1.54) is 0 Å². The Kier molecular flexibility index (Phi) is 3.97. The Labute approximate surface area is 121 Å². The summed E-state index contributed by atoms with van der Waals surface area (Å²) in [7, 11) is 0. The van der Waals surface area contributed by atoms with Crippen LogP contribution in [0.4, 0.5) is 0 Å². The van der Waals surface area contributed by atoms with Crippen LogP contribution in [0, 0.1) is 0 Å². The van der Waals surface area contributed by atoms with Crippen LogP contribution < -0.4 is 0 Å². The summed E-state index contributed by atoms with van der Waals surface area (Å²) in [5.74, 6) is -0.638. The number of ketones is 1. The quantitative estimate of drug-likeness (QED) is 0.627. The Balaban J connectivity index is 2.63. The van der Waals surface area contributed by atoms with Crippen molar-refractivity contribution in [3.8, 4) is 0 Å². The third kappa shape index (κ3) is 2.40. The van der Waals surface area contributed by atoms with E-state index in [2.05, 4.69) is 19.9 Å². The van der Waals surface area contributed by atoms with Gasteiger partial charge in [-0.15, -0.1) is 0 Å². The molecule has 5 nitrogen and oxygen atoms in total. The van der Waals surface area contributed by atoms with Gasteiger partial charge in [0.15, 0.2) is 0 Å². The molecule has 0 N–H and O–H groups in total. The second-order valence-corrected chi connectivity index (χ2v) is 4.42. The largest absolute Gasteiger partial charge is 0.288 e. The molecule has 0 amide bonds. The maximum absolute atomic E-state index is 12.2. The van der Waals surface area contributed by atoms with Crippen molar-refractivity contribution in [2.75, 3.05) is 0 Å². The first-order valence-corrected chi connectivity index (χ1v) is 5.90. The van der Waals surface area contributed by atoms with Crippen LogP contribution in [0.25, 0.3) is 0 Å². The minimum atomic E-state index is -0.638. The van der Waals surface area contributed by atoms with Gasteiger partial charge in [0.1, 0.15) is 33.3 Å². The van der Waals surface area contributed by atoms with E-state index in [0.717, 1.165) is 12.7 Å². The standard InChI is InChI=1S/C9H2Cl4N4O/c10-6-3(7(11)15-1-14-6)5(18)4-8(12)16-2-17-9(4)13/h1-2H. The highest BCUT2D eigenvalue weighted by molar-refractivity contribution is 6.43. The van der Waals surface area contributed by atoms with Crippen LogP contribution in [0.1, 0.15) is 15.9 Å². The van der Waals surface area contributed by atoms with Gasteiger partial charge < -0.3 is 0 Å². The molecule has 0 aliphatic rings. The van der Waals surface area contributed by atoms with E-state index in [9.17, 15) is 4.79 Å². The molecule has 92 valence electrons. The lowest BCUT2D eigenvalue weighted by Gasteiger charge is -2.06. The van der Waals surface area contributed by atoms with E-state index < -0.39 is 5.78 Å². The molecular weight excluding hydrogens is 322 g/mol. The van der Waals surface area contributed by atoms with Crippen molar-refractivity contribution >= 4 is 52.2 Å². The number of halogens is 4. The second-order valence-electron chi connectivity index (χ2n) is 2.99. The third-order valence-electron chi connectivity index (χ3n) is 1.96. The molecule has 0 aromatic carbocycles. The molecule has 0 aliphatic heterocycles. The number of hydrogen-bond acceptors (Lipinski definition) is 5. The van der Waals surface area contributed by atoms with Gasteiger partial charge in [0, 0.05) is 0 Å². The molecule has 2 rings (SSSR count). The predicted octanol–water partition coefficient (Wildman–Crippen LogP) is 3.11. The summed E-state index contributed by atoms with van der Waals surface area (Å²) in [5.41, 5.74) is -0.195. The number of aromatic nitrogens is 4. The first-order valence-electron chi connectivity index (χ1n) is 4.39. The van der Waals surface area contributed by atoms with Gasteiger partial charge in [-0.2, -0.15) is 0 Å². The first kappa shape index (κ1) is 13.4. The van der Waals surface area contributed by atoms with Gasteiger partial charge in [0.25, 0.3) is 0 Å². The van der Waals surface area contributed by atoms with Crippen molar-refractivity contribution in [2.24, 2.45) is 0 Å². The van der Waals surface area contributed by atoms with Crippen LogP contribution in [0.15, 0.2) is 12.7 Å². The minimum absolute atomic E-state index is 0.0977. The fourth-order valence-corrected chi connectivity index (χ4v) is 2.16. The van der Waals surface area contributed by atoms with E-state index in [0.29, 0.717) is 0 Å². The zero-order valence-corrected chi connectivity index (χ0v) is 11.4. The van der Waals surface area contributed by atoms with Crippen molar-refractivity contribution in [3.05, 3.63) is 44.4 Å². The molecule has 18 heavy (non-hydrogen) atoms. The topological polar surface area (TPSA) is 68.6 Å². The first-order chi connectivity index (χ1) is 8.52. The van der Waals surface area contributed by atoms with Crippen molar-refractivity contribution in [3.63, 3.8) is 0 Å². The lowest BCUT2D eigenvalue weighted by molar-refractivity contribution is 0.103.